The van der Waals surface area contributed by atoms with Crippen LogP contribution in [0.1, 0.15) is 48.5 Å². The van der Waals surface area contributed by atoms with E-state index in [4.69, 9.17) is 0 Å². The molecule has 0 nitrogen and oxygen atoms in total. The lowest BCUT2D eigenvalue weighted by Gasteiger charge is -2.32. The van der Waals surface area contributed by atoms with E-state index in [0.717, 1.165) is 5.92 Å². The number of rotatable bonds is 0. The standard InChI is InChI=1S/C22H32/c1-14-17-10-8-15(21(2,3)4)12-19(17)20-13-16(22(5,6)7)9-11-18(14)20/h8-14,17-20H,1-7H3. The summed E-state index contributed by atoms with van der Waals surface area (Å²) in [6.45, 7) is 16.4. The summed E-state index contributed by atoms with van der Waals surface area (Å²) in [5.74, 6) is 3.53. The molecule has 3 aliphatic carbocycles. The van der Waals surface area contributed by atoms with Crippen LogP contribution in [-0.4, -0.2) is 0 Å². The highest BCUT2D eigenvalue weighted by Gasteiger charge is 2.47. The van der Waals surface area contributed by atoms with Crippen LogP contribution in [0.4, 0.5) is 0 Å². The molecule has 22 heavy (non-hydrogen) atoms. The molecule has 0 radical (unpaired) electrons. The van der Waals surface area contributed by atoms with Gasteiger partial charge in [-0.3, -0.25) is 0 Å². The van der Waals surface area contributed by atoms with Crippen molar-refractivity contribution in [1.82, 2.24) is 0 Å². The maximum atomic E-state index is 2.60. The maximum absolute atomic E-state index is 2.60. The fourth-order valence-electron chi connectivity index (χ4n) is 4.48. The second-order valence-corrected chi connectivity index (χ2v) is 9.63. The fraction of sp³-hybridized carbons (Fsp3) is 0.636. The van der Waals surface area contributed by atoms with E-state index in [1.54, 1.807) is 0 Å². The summed E-state index contributed by atoms with van der Waals surface area (Å²) >= 11 is 0. The molecule has 0 bridgehead atoms. The zero-order chi connectivity index (χ0) is 16.3. The van der Waals surface area contributed by atoms with Crippen molar-refractivity contribution >= 4 is 0 Å². The predicted molar refractivity (Wildman–Crippen MR) is 96.5 cm³/mol. The SMILES string of the molecule is CC1C2C=CC(C(C)(C)C)=CC2C2C=C(C(C)(C)C)C=CC12. The highest BCUT2D eigenvalue weighted by Crippen LogP contribution is 2.54. The van der Waals surface area contributed by atoms with E-state index >= 15 is 0 Å². The minimum Gasteiger partial charge on any atom is -0.0802 e. The zero-order valence-electron chi connectivity index (χ0n) is 15.4. The van der Waals surface area contributed by atoms with E-state index in [0.29, 0.717) is 23.7 Å². The lowest BCUT2D eigenvalue weighted by molar-refractivity contribution is 0.407. The van der Waals surface area contributed by atoms with Gasteiger partial charge in [0.05, 0.1) is 0 Å². The van der Waals surface area contributed by atoms with Gasteiger partial charge in [0.15, 0.2) is 0 Å². The number of hydrogen-bond donors (Lipinski definition) is 0. The molecular formula is C22H32. The number of hydrogen-bond acceptors (Lipinski definition) is 0. The van der Waals surface area contributed by atoms with Crippen molar-refractivity contribution in [3.8, 4) is 0 Å². The van der Waals surface area contributed by atoms with E-state index < -0.39 is 0 Å². The topological polar surface area (TPSA) is 0 Å². The summed E-state index contributed by atoms with van der Waals surface area (Å²) in [6, 6.07) is 0. The van der Waals surface area contributed by atoms with Gasteiger partial charge < -0.3 is 0 Å². The first kappa shape index (κ1) is 15.8. The van der Waals surface area contributed by atoms with Crippen molar-refractivity contribution in [2.75, 3.05) is 0 Å². The molecule has 0 aromatic carbocycles. The first-order chi connectivity index (χ1) is 10.1. The van der Waals surface area contributed by atoms with Gasteiger partial charge in [-0.25, -0.2) is 0 Å². The summed E-state index contributed by atoms with van der Waals surface area (Å²) in [7, 11) is 0. The molecule has 4 unspecified atom stereocenters. The summed E-state index contributed by atoms with van der Waals surface area (Å²) in [5, 5.41) is 0. The van der Waals surface area contributed by atoms with Crippen molar-refractivity contribution in [2.45, 2.75) is 48.5 Å². The molecule has 0 N–H and O–H groups in total. The molecule has 0 heterocycles. The molecule has 0 aromatic heterocycles. The lowest BCUT2D eigenvalue weighted by atomic mass is 9.73. The van der Waals surface area contributed by atoms with Gasteiger partial charge in [-0.1, -0.05) is 84.9 Å². The molecule has 3 aliphatic rings. The Kier molecular flexibility index (Phi) is 3.59. The van der Waals surface area contributed by atoms with Crippen LogP contribution in [0.5, 0.6) is 0 Å². The molecular weight excluding hydrogens is 264 g/mol. The second-order valence-electron chi connectivity index (χ2n) is 9.63. The average Bonchev–Trinajstić information content (AvgIpc) is 2.70. The monoisotopic (exact) mass is 296 g/mol. The molecule has 0 aliphatic heterocycles. The Morgan fingerprint density at radius 3 is 1.32 bits per heavy atom. The highest BCUT2D eigenvalue weighted by molar-refractivity contribution is 5.38. The van der Waals surface area contributed by atoms with Crippen LogP contribution in [-0.2, 0) is 0 Å². The third-order valence-electron chi connectivity index (χ3n) is 6.02. The zero-order valence-corrected chi connectivity index (χ0v) is 15.4. The molecule has 0 amide bonds. The molecule has 3 rings (SSSR count). The highest BCUT2D eigenvalue weighted by atomic mass is 14.5. The second kappa shape index (κ2) is 4.98. The van der Waals surface area contributed by atoms with Crippen molar-refractivity contribution in [1.29, 1.82) is 0 Å². The quantitative estimate of drug-likeness (QED) is 0.500. The Morgan fingerprint density at radius 2 is 1.00 bits per heavy atom. The first-order valence-electron chi connectivity index (χ1n) is 8.90. The van der Waals surface area contributed by atoms with Crippen LogP contribution in [0, 0.1) is 40.4 Å². The molecule has 0 spiro atoms. The van der Waals surface area contributed by atoms with Gasteiger partial charge in [-0.15, -0.1) is 0 Å². The minimum absolute atomic E-state index is 0.254. The smallest absolute Gasteiger partial charge is 0.00927 e. The number of allylic oxidation sites excluding steroid dienone is 8. The lowest BCUT2D eigenvalue weighted by Crippen LogP contribution is -2.22. The predicted octanol–water partition coefficient (Wildman–Crippen LogP) is 6.19. The third-order valence-corrected chi connectivity index (χ3v) is 6.02. The van der Waals surface area contributed by atoms with E-state index in [-0.39, 0.29) is 10.8 Å². The molecule has 120 valence electrons. The maximum Gasteiger partial charge on any atom is -0.00927 e. The largest absolute Gasteiger partial charge is 0.0802 e. The van der Waals surface area contributed by atoms with Crippen molar-refractivity contribution in [2.24, 2.45) is 40.4 Å². The van der Waals surface area contributed by atoms with Gasteiger partial charge in [-0.05, 0) is 51.6 Å². The van der Waals surface area contributed by atoms with Gasteiger partial charge in [-0.2, -0.15) is 0 Å². The van der Waals surface area contributed by atoms with Crippen LogP contribution in [0.15, 0.2) is 47.6 Å². The van der Waals surface area contributed by atoms with E-state index in [9.17, 15) is 0 Å². The summed E-state index contributed by atoms with van der Waals surface area (Å²) in [6.07, 6.45) is 15.0. The van der Waals surface area contributed by atoms with Crippen LogP contribution in [0.2, 0.25) is 0 Å². The Bertz CT molecular complexity index is 516. The van der Waals surface area contributed by atoms with Gasteiger partial charge in [0.2, 0.25) is 0 Å². The molecule has 0 saturated heterocycles. The van der Waals surface area contributed by atoms with Gasteiger partial charge in [0, 0.05) is 0 Å². The number of fused-ring (bicyclic) bond motifs is 3. The Morgan fingerprint density at radius 1 is 0.636 bits per heavy atom. The third kappa shape index (κ3) is 2.55. The van der Waals surface area contributed by atoms with Crippen molar-refractivity contribution in [3.05, 3.63) is 47.6 Å². The van der Waals surface area contributed by atoms with Gasteiger partial charge in [0.25, 0.3) is 0 Å². The van der Waals surface area contributed by atoms with Crippen LogP contribution < -0.4 is 0 Å². The summed E-state index contributed by atoms with van der Waals surface area (Å²) < 4.78 is 0. The van der Waals surface area contributed by atoms with E-state index in [1.165, 1.54) is 11.1 Å². The van der Waals surface area contributed by atoms with Gasteiger partial charge in [0.1, 0.15) is 0 Å². The molecule has 1 saturated carbocycles. The van der Waals surface area contributed by atoms with E-state index in [1.807, 2.05) is 0 Å². The van der Waals surface area contributed by atoms with Crippen LogP contribution in [0.25, 0.3) is 0 Å². The van der Waals surface area contributed by atoms with Crippen LogP contribution in [0.3, 0.4) is 0 Å². The molecule has 1 fully saturated rings. The molecule has 0 aromatic rings. The molecule has 0 heteroatoms. The van der Waals surface area contributed by atoms with Crippen molar-refractivity contribution < 1.29 is 0 Å². The van der Waals surface area contributed by atoms with Gasteiger partial charge >= 0.3 is 0 Å². The van der Waals surface area contributed by atoms with Crippen LogP contribution >= 0.6 is 0 Å². The first-order valence-corrected chi connectivity index (χ1v) is 8.90. The Labute approximate surface area is 137 Å². The summed E-state index contributed by atoms with van der Waals surface area (Å²) in [4.78, 5) is 0. The van der Waals surface area contributed by atoms with Crippen molar-refractivity contribution in [3.63, 3.8) is 0 Å². The van der Waals surface area contributed by atoms with E-state index in [2.05, 4.69) is 84.9 Å². The Hall–Kier alpha value is -1.04. The minimum atomic E-state index is 0.254. The Balaban J connectivity index is 1.98. The average molecular weight is 296 g/mol. The summed E-state index contributed by atoms with van der Waals surface area (Å²) in [5.41, 5.74) is 3.54. The molecule has 4 atom stereocenters. The normalized spacial score (nSPS) is 37.5. The fourth-order valence-corrected chi connectivity index (χ4v) is 4.48.